The molecule has 0 radical (unpaired) electrons. The molecule has 2 aliphatic heterocycles. The number of piperidine rings is 1. The van der Waals surface area contributed by atoms with Crippen LogP contribution in [0.2, 0.25) is 5.02 Å². The number of carbonyl (C=O) groups excluding carboxylic acids is 2. The molecule has 2 aliphatic rings. The van der Waals surface area contributed by atoms with Crippen LogP contribution in [0.3, 0.4) is 0 Å². The Hall–Kier alpha value is -1.53. The molecular formula is C16H18ClN3O2S. The van der Waals surface area contributed by atoms with Gasteiger partial charge in [0.25, 0.3) is 5.91 Å². The fourth-order valence-corrected chi connectivity index (χ4v) is 3.60. The maximum absolute atomic E-state index is 12.4. The zero-order valence-corrected chi connectivity index (χ0v) is 14.2. The third-order valence-corrected chi connectivity index (χ3v) is 5.20. The van der Waals surface area contributed by atoms with Gasteiger partial charge < -0.3 is 10.2 Å². The second-order valence-corrected chi connectivity index (χ2v) is 7.12. The topological polar surface area (TPSA) is 61.8 Å². The molecule has 0 unspecified atom stereocenters. The number of aliphatic imine (C=N–C) groups is 1. The van der Waals surface area contributed by atoms with Gasteiger partial charge in [0.2, 0.25) is 5.91 Å². The van der Waals surface area contributed by atoms with Crippen LogP contribution in [0, 0.1) is 5.92 Å². The Morgan fingerprint density at radius 1 is 1.22 bits per heavy atom. The molecule has 1 saturated heterocycles. The lowest BCUT2D eigenvalue weighted by Gasteiger charge is -2.31. The van der Waals surface area contributed by atoms with E-state index in [2.05, 4.69) is 10.3 Å². The predicted octanol–water partition coefficient (Wildman–Crippen LogP) is 2.41. The largest absolute Gasteiger partial charge is 0.339 e. The summed E-state index contributed by atoms with van der Waals surface area (Å²) < 4.78 is 0. The average molecular weight is 352 g/mol. The van der Waals surface area contributed by atoms with E-state index in [9.17, 15) is 9.59 Å². The lowest BCUT2D eigenvalue weighted by molar-refractivity contribution is -0.124. The van der Waals surface area contributed by atoms with Crippen LogP contribution in [0.1, 0.15) is 23.2 Å². The van der Waals surface area contributed by atoms with Crippen LogP contribution in [0.5, 0.6) is 0 Å². The molecule has 1 fully saturated rings. The van der Waals surface area contributed by atoms with Crippen LogP contribution in [0.15, 0.2) is 29.3 Å². The number of likely N-dealkylation sites (tertiary alicyclic amines) is 1. The number of carbonyl (C=O) groups is 2. The summed E-state index contributed by atoms with van der Waals surface area (Å²) in [6.07, 6.45) is 1.37. The van der Waals surface area contributed by atoms with Crippen molar-refractivity contribution in [3.05, 3.63) is 34.9 Å². The van der Waals surface area contributed by atoms with E-state index < -0.39 is 0 Å². The Labute approximate surface area is 144 Å². The maximum Gasteiger partial charge on any atom is 0.253 e. The highest BCUT2D eigenvalue weighted by atomic mass is 35.5. The molecule has 2 amide bonds. The van der Waals surface area contributed by atoms with Crippen molar-refractivity contribution in [2.24, 2.45) is 10.9 Å². The first-order valence-electron chi connectivity index (χ1n) is 7.66. The average Bonchev–Trinajstić information content (AvgIpc) is 3.08. The second kappa shape index (κ2) is 7.36. The van der Waals surface area contributed by atoms with Gasteiger partial charge in [-0.15, -0.1) is 0 Å². The van der Waals surface area contributed by atoms with Crippen LogP contribution < -0.4 is 5.32 Å². The fourth-order valence-electron chi connectivity index (χ4n) is 2.74. The van der Waals surface area contributed by atoms with Gasteiger partial charge in [-0.05, 0) is 37.1 Å². The summed E-state index contributed by atoms with van der Waals surface area (Å²) in [5.41, 5.74) is 0.633. The number of rotatable bonds is 2. The number of halogens is 1. The molecule has 0 atom stereocenters. The molecule has 0 aromatic heterocycles. The normalized spacial score (nSPS) is 18.7. The molecular weight excluding hydrogens is 334 g/mol. The van der Waals surface area contributed by atoms with Gasteiger partial charge in [-0.25, -0.2) is 0 Å². The van der Waals surface area contributed by atoms with Crippen LogP contribution in [0.25, 0.3) is 0 Å². The first kappa shape index (κ1) is 16.3. The third kappa shape index (κ3) is 4.06. The van der Waals surface area contributed by atoms with E-state index in [0.717, 1.165) is 17.5 Å². The quantitative estimate of drug-likeness (QED) is 0.890. The lowest BCUT2D eigenvalue weighted by atomic mass is 9.95. The molecule has 0 saturated carbocycles. The van der Waals surface area contributed by atoms with Crippen molar-refractivity contribution in [2.45, 2.75) is 12.8 Å². The van der Waals surface area contributed by atoms with Gasteiger partial charge >= 0.3 is 0 Å². The van der Waals surface area contributed by atoms with E-state index in [4.69, 9.17) is 11.6 Å². The molecule has 0 spiro atoms. The van der Waals surface area contributed by atoms with Gasteiger partial charge in [-0.3, -0.25) is 14.6 Å². The van der Waals surface area contributed by atoms with Crippen molar-refractivity contribution < 1.29 is 9.59 Å². The number of nitrogens with zero attached hydrogens (tertiary/aromatic N) is 2. The molecule has 1 aromatic rings. The van der Waals surface area contributed by atoms with Crippen LogP contribution in [-0.4, -0.2) is 47.3 Å². The number of hydrogen-bond donors (Lipinski definition) is 1. The minimum Gasteiger partial charge on any atom is -0.339 e. The van der Waals surface area contributed by atoms with E-state index in [0.29, 0.717) is 36.5 Å². The highest BCUT2D eigenvalue weighted by Crippen LogP contribution is 2.21. The first-order chi connectivity index (χ1) is 11.1. The van der Waals surface area contributed by atoms with Crippen LogP contribution >= 0.6 is 23.4 Å². The number of benzene rings is 1. The lowest BCUT2D eigenvalue weighted by Crippen LogP contribution is -2.43. The number of nitrogens with one attached hydrogen (secondary N) is 1. The van der Waals surface area contributed by atoms with E-state index in [-0.39, 0.29) is 17.7 Å². The highest BCUT2D eigenvalue weighted by molar-refractivity contribution is 8.14. The zero-order chi connectivity index (χ0) is 16.2. The molecule has 7 heteroatoms. The molecule has 1 aromatic carbocycles. The van der Waals surface area contributed by atoms with E-state index >= 15 is 0 Å². The standard InChI is InChI=1S/C16H18ClN3O2S/c17-13-3-1-12(2-4-13)15(22)20-8-5-11(6-9-20)14(21)19-16-18-7-10-23-16/h1-4,11H,5-10H2,(H,18,19,21). The third-order valence-electron chi connectivity index (χ3n) is 4.06. The van der Waals surface area contributed by atoms with Gasteiger partial charge in [0.1, 0.15) is 0 Å². The molecule has 122 valence electrons. The Morgan fingerprint density at radius 2 is 1.91 bits per heavy atom. The number of amides is 2. The molecule has 3 rings (SSSR count). The molecule has 0 bridgehead atoms. The Bertz CT molecular complexity index is 625. The van der Waals surface area contributed by atoms with Crippen LogP contribution in [-0.2, 0) is 4.79 Å². The maximum atomic E-state index is 12.4. The summed E-state index contributed by atoms with van der Waals surface area (Å²) in [4.78, 5) is 30.7. The summed E-state index contributed by atoms with van der Waals surface area (Å²) >= 11 is 7.43. The van der Waals surface area contributed by atoms with Gasteiger partial charge in [0.15, 0.2) is 5.17 Å². The highest BCUT2D eigenvalue weighted by Gasteiger charge is 2.28. The van der Waals surface area contributed by atoms with Crippen molar-refractivity contribution in [1.82, 2.24) is 10.2 Å². The van der Waals surface area contributed by atoms with E-state index in [1.807, 2.05) is 0 Å². The summed E-state index contributed by atoms with van der Waals surface area (Å²) in [5, 5.41) is 4.23. The second-order valence-electron chi connectivity index (χ2n) is 5.60. The van der Waals surface area contributed by atoms with Crippen molar-refractivity contribution in [1.29, 1.82) is 0 Å². The molecule has 5 nitrogen and oxygen atoms in total. The monoisotopic (exact) mass is 351 g/mol. The van der Waals surface area contributed by atoms with Crippen molar-refractivity contribution in [3.8, 4) is 0 Å². The van der Waals surface area contributed by atoms with Gasteiger partial charge in [-0.2, -0.15) is 0 Å². The summed E-state index contributed by atoms with van der Waals surface area (Å²) in [5.74, 6) is 0.907. The zero-order valence-electron chi connectivity index (χ0n) is 12.6. The van der Waals surface area contributed by atoms with Gasteiger partial charge in [0, 0.05) is 35.3 Å². The SMILES string of the molecule is O=C(NC1=NCCS1)C1CCN(C(=O)c2ccc(Cl)cc2)CC1. The molecule has 23 heavy (non-hydrogen) atoms. The number of thioether (sulfide) groups is 1. The minimum absolute atomic E-state index is 0.00347. The predicted molar refractivity (Wildman–Crippen MR) is 93.0 cm³/mol. The molecule has 0 aliphatic carbocycles. The van der Waals surface area contributed by atoms with Crippen molar-refractivity contribution >= 4 is 40.3 Å². The Kier molecular flexibility index (Phi) is 5.23. The van der Waals surface area contributed by atoms with E-state index in [1.54, 1.807) is 40.9 Å². The van der Waals surface area contributed by atoms with Crippen LogP contribution in [0.4, 0.5) is 0 Å². The van der Waals surface area contributed by atoms with Crippen molar-refractivity contribution in [2.75, 3.05) is 25.4 Å². The summed E-state index contributed by atoms with van der Waals surface area (Å²) in [7, 11) is 0. The van der Waals surface area contributed by atoms with Crippen molar-refractivity contribution in [3.63, 3.8) is 0 Å². The van der Waals surface area contributed by atoms with Gasteiger partial charge in [0.05, 0.1) is 6.54 Å². The fraction of sp³-hybridized carbons (Fsp3) is 0.438. The molecule has 2 heterocycles. The first-order valence-corrected chi connectivity index (χ1v) is 9.03. The summed E-state index contributed by atoms with van der Waals surface area (Å²) in [6.45, 7) is 1.96. The molecule has 1 N–H and O–H groups in total. The Morgan fingerprint density at radius 3 is 2.52 bits per heavy atom. The number of amidine groups is 1. The number of hydrogen-bond acceptors (Lipinski definition) is 4. The smallest absolute Gasteiger partial charge is 0.253 e. The van der Waals surface area contributed by atoms with Gasteiger partial charge in [-0.1, -0.05) is 23.4 Å². The minimum atomic E-state index is -0.0480. The summed E-state index contributed by atoms with van der Waals surface area (Å²) in [6, 6.07) is 6.90. The van der Waals surface area contributed by atoms with E-state index in [1.165, 1.54) is 0 Å². The Balaban J connectivity index is 1.52.